The van der Waals surface area contributed by atoms with Crippen molar-refractivity contribution < 1.29 is 8.42 Å². The highest BCUT2D eigenvalue weighted by atomic mass is 32.2. The Hall–Kier alpha value is -0.910. The average molecular weight is 322 g/mol. The van der Waals surface area contributed by atoms with E-state index in [1.54, 1.807) is 8.61 Å². The molecule has 0 aliphatic carbocycles. The molecule has 1 atom stereocenters. The molecule has 0 saturated carbocycles. The summed E-state index contributed by atoms with van der Waals surface area (Å²) in [7, 11) is -3.27. The maximum atomic E-state index is 12.8. The van der Waals surface area contributed by atoms with E-state index in [9.17, 15) is 8.42 Å². The van der Waals surface area contributed by atoms with Crippen LogP contribution >= 0.6 is 0 Å². The topological polar surface area (TPSA) is 40.6 Å². The van der Waals surface area contributed by atoms with Gasteiger partial charge in [-0.05, 0) is 44.1 Å². The van der Waals surface area contributed by atoms with Crippen molar-refractivity contribution in [2.75, 3.05) is 19.6 Å². The number of nitrogens with zero attached hydrogens (tertiary/aromatic N) is 2. The van der Waals surface area contributed by atoms with Crippen LogP contribution in [0.3, 0.4) is 0 Å². The zero-order valence-electron chi connectivity index (χ0n) is 13.3. The Balaban J connectivity index is 1.65. The lowest BCUT2D eigenvalue weighted by atomic mass is 9.90. The summed E-state index contributed by atoms with van der Waals surface area (Å²) in [6.07, 6.45) is 4.96. The van der Waals surface area contributed by atoms with Gasteiger partial charge in [-0.3, -0.25) is 0 Å². The van der Waals surface area contributed by atoms with E-state index >= 15 is 0 Å². The maximum absolute atomic E-state index is 12.8. The van der Waals surface area contributed by atoms with E-state index in [2.05, 4.69) is 24.3 Å². The van der Waals surface area contributed by atoms with E-state index in [1.807, 2.05) is 13.0 Å². The largest absolute Gasteiger partial charge is 0.282 e. The zero-order valence-corrected chi connectivity index (χ0v) is 14.1. The molecule has 4 nitrogen and oxygen atoms in total. The summed E-state index contributed by atoms with van der Waals surface area (Å²) in [6.45, 7) is 4.01. The molecule has 22 heavy (non-hydrogen) atoms. The van der Waals surface area contributed by atoms with Gasteiger partial charge in [0.05, 0.1) is 0 Å². The van der Waals surface area contributed by atoms with Crippen LogP contribution in [0.1, 0.15) is 50.5 Å². The summed E-state index contributed by atoms with van der Waals surface area (Å²) in [5.74, 6) is 0.492. The third kappa shape index (κ3) is 3.21. The highest BCUT2D eigenvalue weighted by Gasteiger charge is 2.36. The van der Waals surface area contributed by atoms with E-state index in [-0.39, 0.29) is 6.04 Å². The molecule has 0 spiro atoms. The van der Waals surface area contributed by atoms with Crippen molar-refractivity contribution in [2.45, 2.75) is 51.0 Å². The van der Waals surface area contributed by atoms with Gasteiger partial charge in [0.15, 0.2) is 0 Å². The molecule has 1 aromatic carbocycles. The summed E-state index contributed by atoms with van der Waals surface area (Å²) >= 11 is 0. The van der Waals surface area contributed by atoms with Crippen LogP contribution in [0, 0.1) is 0 Å². The normalized spacial score (nSPS) is 26.1. The Morgan fingerprint density at radius 2 is 1.64 bits per heavy atom. The van der Waals surface area contributed by atoms with Crippen LogP contribution in [0.4, 0.5) is 0 Å². The Bertz CT molecular complexity index is 580. The van der Waals surface area contributed by atoms with E-state index in [0.29, 0.717) is 25.6 Å². The Labute approximate surface area is 134 Å². The first-order valence-electron chi connectivity index (χ1n) is 8.41. The highest BCUT2D eigenvalue weighted by molar-refractivity contribution is 7.86. The number of hydrogen-bond acceptors (Lipinski definition) is 2. The molecule has 2 aliphatic rings. The smallest absolute Gasteiger partial charge is 0.195 e. The minimum atomic E-state index is -3.27. The molecule has 5 heteroatoms. The Kier molecular flexibility index (Phi) is 4.85. The standard InChI is InChI=1S/C17H26N2O2S/c1-15-7-5-6-12-19(15)22(20,21)18-13-10-17(11-14-18)16-8-3-2-4-9-16/h2-4,8-9,15,17H,5-7,10-14H2,1H3/t15-/m0/s1. The van der Waals surface area contributed by atoms with E-state index < -0.39 is 10.2 Å². The summed E-state index contributed by atoms with van der Waals surface area (Å²) < 4.78 is 29.1. The molecule has 3 rings (SSSR count). The fourth-order valence-electron chi connectivity index (χ4n) is 3.71. The lowest BCUT2D eigenvalue weighted by Crippen LogP contribution is -2.51. The fraction of sp³-hybridized carbons (Fsp3) is 0.647. The van der Waals surface area contributed by atoms with Crippen LogP contribution in [0.5, 0.6) is 0 Å². The first-order chi connectivity index (χ1) is 10.6. The number of piperidine rings is 2. The van der Waals surface area contributed by atoms with Gasteiger partial charge in [0.1, 0.15) is 0 Å². The first-order valence-corrected chi connectivity index (χ1v) is 9.80. The molecule has 0 aromatic heterocycles. The molecular weight excluding hydrogens is 296 g/mol. The van der Waals surface area contributed by atoms with Crippen LogP contribution in [-0.2, 0) is 10.2 Å². The minimum absolute atomic E-state index is 0.144. The molecule has 0 N–H and O–H groups in total. The van der Waals surface area contributed by atoms with Gasteiger partial charge in [-0.25, -0.2) is 0 Å². The van der Waals surface area contributed by atoms with Gasteiger partial charge in [0.2, 0.25) is 0 Å². The minimum Gasteiger partial charge on any atom is -0.195 e. The van der Waals surface area contributed by atoms with Crippen LogP contribution in [0.25, 0.3) is 0 Å². The molecule has 1 aromatic rings. The molecule has 0 unspecified atom stereocenters. The fourth-order valence-corrected chi connectivity index (χ4v) is 5.60. The van der Waals surface area contributed by atoms with E-state index in [1.165, 1.54) is 5.56 Å². The first kappa shape index (κ1) is 16.0. The van der Waals surface area contributed by atoms with Crippen molar-refractivity contribution in [1.29, 1.82) is 0 Å². The van der Waals surface area contributed by atoms with Gasteiger partial charge in [0.25, 0.3) is 10.2 Å². The summed E-state index contributed by atoms with van der Waals surface area (Å²) in [5, 5.41) is 0. The molecular formula is C17H26N2O2S. The van der Waals surface area contributed by atoms with Crippen LogP contribution in [0.2, 0.25) is 0 Å². The van der Waals surface area contributed by atoms with Gasteiger partial charge in [-0.2, -0.15) is 17.0 Å². The molecule has 2 aliphatic heterocycles. The lowest BCUT2D eigenvalue weighted by Gasteiger charge is -2.39. The Morgan fingerprint density at radius 1 is 0.955 bits per heavy atom. The molecule has 2 fully saturated rings. The monoisotopic (exact) mass is 322 g/mol. The molecule has 0 radical (unpaired) electrons. The van der Waals surface area contributed by atoms with Gasteiger partial charge < -0.3 is 0 Å². The van der Waals surface area contributed by atoms with Crippen molar-refractivity contribution >= 4 is 10.2 Å². The van der Waals surface area contributed by atoms with Crippen molar-refractivity contribution in [3.8, 4) is 0 Å². The second kappa shape index (κ2) is 6.69. The van der Waals surface area contributed by atoms with Crippen molar-refractivity contribution in [3.63, 3.8) is 0 Å². The molecule has 0 bridgehead atoms. The third-order valence-corrected chi connectivity index (χ3v) is 7.24. The number of hydrogen-bond donors (Lipinski definition) is 0. The predicted molar refractivity (Wildman–Crippen MR) is 88.9 cm³/mol. The van der Waals surface area contributed by atoms with Crippen molar-refractivity contribution in [2.24, 2.45) is 0 Å². The van der Waals surface area contributed by atoms with Crippen molar-refractivity contribution in [3.05, 3.63) is 35.9 Å². The Morgan fingerprint density at radius 3 is 2.27 bits per heavy atom. The van der Waals surface area contributed by atoms with Gasteiger partial charge in [-0.15, -0.1) is 0 Å². The summed E-state index contributed by atoms with van der Waals surface area (Å²) in [4.78, 5) is 0. The zero-order chi connectivity index (χ0) is 15.6. The van der Waals surface area contributed by atoms with Gasteiger partial charge >= 0.3 is 0 Å². The lowest BCUT2D eigenvalue weighted by molar-refractivity contribution is 0.230. The summed E-state index contributed by atoms with van der Waals surface area (Å²) in [6, 6.07) is 10.6. The highest BCUT2D eigenvalue weighted by Crippen LogP contribution is 2.31. The SMILES string of the molecule is C[C@H]1CCCCN1S(=O)(=O)N1CCC(c2ccccc2)CC1. The average Bonchev–Trinajstić information content (AvgIpc) is 2.56. The molecule has 122 valence electrons. The number of rotatable bonds is 3. The second-order valence-electron chi connectivity index (χ2n) is 6.55. The van der Waals surface area contributed by atoms with Crippen molar-refractivity contribution in [1.82, 2.24) is 8.61 Å². The predicted octanol–water partition coefficient (Wildman–Crippen LogP) is 2.99. The molecule has 0 amide bonds. The molecule has 2 saturated heterocycles. The van der Waals surface area contributed by atoms with Gasteiger partial charge in [-0.1, -0.05) is 36.8 Å². The van der Waals surface area contributed by atoms with E-state index in [4.69, 9.17) is 0 Å². The van der Waals surface area contributed by atoms with Crippen LogP contribution < -0.4 is 0 Å². The third-order valence-electron chi connectivity index (χ3n) is 5.09. The summed E-state index contributed by atoms with van der Waals surface area (Å²) in [5.41, 5.74) is 1.34. The molecule has 2 heterocycles. The van der Waals surface area contributed by atoms with E-state index in [0.717, 1.165) is 32.1 Å². The van der Waals surface area contributed by atoms with Crippen LogP contribution in [-0.4, -0.2) is 42.7 Å². The number of benzene rings is 1. The quantitative estimate of drug-likeness (QED) is 0.858. The van der Waals surface area contributed by atoms with Crippen LogP contribution in [0.15, 0.2) is 30.3 Å². The maximum Gasteiger partial charge on any atom is 0.282 e. The van der Waals surface area contributed by atoms with Gasteiger partial charge in [0, 0.05) is 25.7 Å². The second-order valence-corrected chi connectivity index (χ2v) is 8.43.